The third-order valence-electron chi connectivity index (χ3n) is 4.63. The molecular formula is C22H22FNO2S. The molecule has 3 aromatic rings. The van der Waals surface area contributed by atoms with Gasteiger partial charge in [0, 0.05) is 0 Å². The molecule has 0 aliphatic heterocycles. The molecule has 0 heterocycles. The Morgan fingerprint density at radius 3 is 2.04 bits per heavy atom. The van der Waals surface area contributed by atoms with E-state index >= 15 is 0 Å². The molecule has 0 aliphatic carbocycles. The van der Waals surface area contributed by atoms with Crippen molar-refractivity contribution in [2.45, 2.75) is 32.2 Å². The number of anilines is 1. The minimum Gasteiger partial charge on any atom is -0.262 e. The summed E-state index contributed by atoms with van der Waals surface area (Å²) in [6.45, 7) is 5.97. The molecule has 3 aromatic carbocycles. The van der Waals surface area contributed by atoms with E-state index in [1.54, 1.807) is 42.5 Å². The maximum absolute atomic E-state index is 13.4. The van der Waals surface area contributed by atoms with E-state index in [0.717, 1.165) is 16.7 Å². The number of halogens is 1. The highest BCUT2D eigenvalue weighted by molar-refractivity contribution is 7.92. The molecule has 0 aliphatic rings. The zero-order valence-electron chi connectivity index (χ0n) is 15.6. The minimum absolute atomic E-state index is 0.124. The quantitative estimate of drug-likeness (QED) is 0.611. The Hall–Kier alpha value is -2.66. The maximum atomic E-state index is 13.4. The lowest BCUT2D eigenvalue weighted by molar-refractivity contribution is 0.590. The number of nitrogens with zero attached hydrogens (tertiary/aromatic N) is 1. The molecule has 0 fully saturated rings. The average molecular weight is 383 g/mol. The molecule has 5 heteroatoms. The second kappa shape index (κ2) is 7.53. The first kappa shape index (κ1) is 19.1. The first-order chi connectivity index (χ1) is 12.8. The molecule has 0 bridgehead atoms. The maximum Gasteiger partial charge on any atom is 0.264 e. The summed E-state index contributed by atoms with van der Waals surface area (Å²) < 4.78 is 41.3. The van der Waals surface area contributed by atoms with Gasteiger partial charge >= 0.3 is 0 Å². The van der Waals surface area contributed by atoms with Gasteiger partial charge in [0.05, 0.1) is 17.1 Å². The van der Waals surface area contributed by atoms with Gasteiger partial charge in [-0.05, 0) is 73.9 Å². The van der Waals surface area contributed by atoms with Gasteiger partial charge in [-0.2, -0.15) is 0 Å². The third-order valence-corrected chi connectivity index (χ3v) is 6.41. The molecule has 0 spiro atoms. The van der Waals surface area contributed by atoms with Crippen LogP contribution in [0.1, 0.15) is 22.3 Å². The van der Waals surface area contributed by atoms with Crippen LogP contribution >= 0.6 is 0 Å². The van der Waals surface area contributed by atoms with E-state index in [2.05, 4.69) is 0 Å². The Labute approximate surface area is 160 Å². The number of sulfonamides is 1. The van der Waals surface area contributed by atoms with Crippen LogP contribution in [0, 0.1) is 26.6 Å². The lowest BCUT2D eigenvalue weighted by Crippen LogP contribution is -2.30. The van der Waals surface area contributed by atoms with Crippen molar-refractivity contribution in [3.8, 4) is 0 Å². The largest absolute Gasteiger partial charge is 0.264 e. The first-order valence-electron chi connectivity index (χ1n) is 8.68. The van der Waals surface area contributed by atoms with Crippen LogP contribution in [-0.4, -0.2) is 8.42 Å². The van der Waals surface area contributed by atoms with E-state index in [1.165, 1.54) is 16.4 Å². The Bertz CT molecular complexity index is 1040. The van der Waals surface area contributed by atoms with Gasteiger partial charge in [-0.1, -0.05) is 35.9 Å². The highest BCUT2D eigenvalue weighted by Crippen LogP contribution is 2.28. The molecule has 0 saturated carbocycles. The molecule has 0 amide bonds. The number of rotatable bonds is 5. The Morgan fingerprint density at radius 1 is 0.815 bits per heavy atom. The van der Waals surface area contributed by atoms with Crippen LogP contribution in [0.15, 0.2) is 71.6 Å². The van der Waals surface area contributed by atoms with E-state index in [9.17, 15) is 12.8 Å². The summed E-state index contributed by atoms with van der Waals surface area (Å²) >= 11 is 0. The van der Waals surface area contributed by atoms with Crippen molar-refractivity contribution < 1.29 is 12.8 Å². The fourth-order valence-electron chi connectivity index (χ4n) is 2.79. The fourth-order valence-corrected chi connectivity index (χ4v) is 4.23. The van der Waals surface area contributed by atoms with Gasteiger partial charge in [-0.15, -0.1) is 0 Å². The topological polar surface area (TPSA) is 37.4 Å². The molecule has 27 heavy (non-hydrogen) atoms. The van der Waals surface area contributed by atoms with Crippen LogP contribution in [0.25, 0.3) is 0 Å². The predicted molar refractivity (Wildman–Crippen MR) is 107 cm³/mol. The van der Waals surface area contributed by atoms with Crippen molar-refractivity contribution in [3.05, 3.63) is 94.8 Å². The second-order valence-corrected chi connectivity index (χ2v) is 8.58. The van der Waals surface area contributed by atoms with Crippen molar-refractivity contribution in [1.82, 2.24) is 0 Å². The molecule has 0 radical (unpaired) electrons. The van der Waals surface area contributed by atoms with Crippen LogP contribution in [0.4, 0.5) is 10.1 Å². The van der Waals surface area contributed by atoms with E-state index in [1.807, 2.05) is 32.9 Å². The fraction of sp³-hybridized carbons (Fsp3) is 0.182. The van der Waals surface area contributed by atoms with Gasteiger partial charge in [0.25, 0.3) is 10.0 Å². The number of aryl methyl sites for hydroxylation is 3. The van der Waals surface area contributed by atoms with Crippen LogP contribution in [0.3, 0.4) is 0 Å². The van der Waals surface area contributed by atoms with Crippen LogP contribution in [0.2, 0.25) is 0 Å². The van der Waals surface area contributed by atoms with Crippen molar-refractivity contribution in [1.29, 1.82) is 0 Å². The Kier molecular flexibility index (Phi) is 5.33. The van der Waals surface area contributed by atoms with E-state index in [4.69, 9.17) is 0 Å². The van der Waals surface area contributed by atoms with Gasteiger partial charge < -0.3 is 0 Å². The van der Waals surface area contributed by atoms with Crippen LogP contribution in [-0.2, 0) is 16.6 Å². The van der Waals surface area contributed by atoms with Crippen LogP contribution in [0.5, 0.6) is 0 Å². The Balaban J connectivity index is 2.09. The molecule has 0 atom stereocenters. The summed E-state index contributed by atoms with van der Waals surface area (Å²) in [5.41, 5.74) is 4.39. The molecule has 0 saturated heterocycles. The molecule has 0 unspecified atom stereocenters. The van der Waals surface area contributed by atoms with Gasteiger partial charge in [-0.25, -0.2) is 12.8 Å². The third kappa shape index (κ3) is 4.19. The van der Waals surface area contributed by atoms with Gasteiger partial charge in [-0.3, -0.25) is 4.31 Å². The smallest absolute Gasteiger partial charge is 0.262 e. The van der Waals surface area contributed by atoms with Crippen molar-refractivity contribution in [3.63, 3.8) is 0 Å². The van der Waals surface area contributed by atoms with Crippen molar-refractivity contribution in [2.24, 2.45) is 0 Å². The molecular weight excluding hydrogens is 361 g/mol. The summed E-state index contributed by atoms with van der Waals surface area (Å²) in [7, 11) is -3.77. The number of hydrogen-bond acceptors (Lipinski definition) is 2. The molecule has 3 nitrogen and oxygen atoms in total. The van der Waals surface area contributed by atoms with Crippen molar-refractivity contribution >= 4 is 15.7 Å². The zero-order chi connectivity index (χ0) is 19.6. The Morgan fingerprint density at radius 2 is 1.44 bits per heavy atom. The summed E-state index contributed by atoms with van der Waals surface area (Å²) in [5.74, 6) is -0.349. The summed E-state index contributed by atoms with van der Waals surface area (Å²) in [6, 6.07) is 18.3. The molecule has 3 rings (SSSR count). The zero-order valence-corrected chi connectivity index (χ0v) is 16.4. The highest BCUT2D eigenvalue weighted by atomic mass is 32.2. The van der Waals surface area contributed by atoms with Gasteiger partial charge in [0.2, 0.25) is 0 Å². The van der Waals surface area contributed by atoms with Crippen molar-refractivity contribution in [2.75, 3.05) is 4.31 Å². The standard InChI is InChI=1S/C22H22FNO2S/c1-16-4-12-22(13-5-16)27(25,26)24(15-19-7-9-20(23)10-8-19)21-11-6-17(2)18(3)14-21/h4-14H,15H2,1-3H3. The van der Waals surface area contributed by atoms with E-state index in [-0.39, 0.29) is 17.3 Å². The monoisotopic (exact) mass is 383 g/mol. The number of benzene rings is 3. The summed E-state index contributed by atoms with van der Waals surface area (Å²) in [6.07, 6.45) is 0. The first-order valence-corrected chi connectivity index (χ1v) is 10.1. The number of hydrogen-bond donors (Lipinski definition) is 0. The molecule has 0 aromatic heterocycles. The van der Waals surface area contributed by atoms with E-state index < -0.39 is 10.0 Å². The SMILES string of the molecule is Cc1ccc(S(=O)(=O)N(Cc2ccc(F)cc2)c2ccc(C)c(C)c2)cc1. The van der Waals surface area contributed by atoms with E-state index in [0.29, 0.717) is 11.3 Å². The summed E-state index contributed by atoms with van der Waals surface area (Å²) in [4.78, 5) is 0.230. The molecule has 140 valence electrons. The predicted octanol–water partition coefficient (Wildman–Crippen LogP) is 5.15. The molecule has 0 N–H and O–H groups in total. The summed E-state index contributed by atoms with van der Waals surface area (Å²) in [5, 5.41) is 0. The second-order valence-electron chi connectivity index (χ2n) is 6.72. The lowest BCUT2D eigenvalue weighted by atomic mass is 10.1. The van der Waals surface area contributed by atoms with Gasteiger partial charge in [0.1, 0.15) is 5.82 Å². The lowest BCUT2D eigenvalue weighted by Gasteiger charge is -2.25. The highest BCUT2D eigenvalue weighted by Gasteiger charge is 2.25. The van der Waals surface area contributed by atoms with Gasteiger partial charge in [0.15, 0.2) is 0 Å². The average Bonchev–Trinajstić information content (AvgIpc) is 2.64. The minimum atomic E-state index is -3.77. The normalized spacial score (nSPS) is 11.4. The van der Waals surface area contributed by atoms with Crippen LogP contribution < -0.4 is 4.31 Å².